The summed E-state index contributed by atoms with van der Waals surface area (Å²) < 4.78 is 0. The van der Waals surface area contributed by atoms with Gasteiger partial charge in [-0.3, -0.25) is 40.4 Å². The van der Waals surface area contributed by atoms with Gasteiger partial charge in [0.15, 0.2) is 0 Å². The van der Waals surface area contributed by atoms with Gasteiger partial charge in [-0.05, 0) is 81.4 Å². The second-order valence-electron chi connectivity index (χ2n) is 14.9. The monoisotopic (exact) mass is 727 g/mol. The molecule has 5 amide bonds. The second kappa shape index (κ2) is 20.0. The minimum absolute atomic E-state index is 0.0514. The number of hydrogen-bond acceptors (Lipinski definition) is 6. The zero-order chi connectivity index (χ0) is 37.6. The Morgan fingerprint density at radius 2 is 1.48 bits per heavy atom. The molecule has 0 aromatic heterocycles. The minimum Gasteiger partial charge on any atom is -0.508 e. The number of primary amides is 1. The number of hydrogen-bond donors (Lipinski definition) is 9. The third-order valence-corrected chi connectivity index (χ3v) is 11.1. The number of benzene rings is 1. The maximum absolute atomic E-state index is 14.1. The SMILES string of the molecule is NC(=O)C(CCCC[NH+]=C(N)N)NC(=O)C(Cc1ccc(O)cc1)NC(=O)C1CCN1C(=O)C(CC1CCCCC1)NC(=O)C1CCC(C[NH3+])CC1. The maximum atomic E-state index is 14.1. The predicted octanol–water partition coefficient (Wildman–Crippen LogP) is -1.98. The van der Waals surface area contributed by atoms with Crippen LogP contribution in [0.2, 0.25) is 0 Å². The van der Waals surface area contributed by atoms with E-state index in [1.54, 1.807) is 12.1 Å². The second-order valence-corrected chi connectivity index (χ2v) is 14.9. The molecule has 52 heavy (non-hydrogen) atoms. The summed E-state index contributed by atoms with van der Waals surface area (Å²) in [5.74, 6) is -1.30. The van der Waals surface area contributed by atoms with Crippen molar-refractivity contribution in [3.8, 4) is 5.75 Å². The maximum Gasteiger partial charge on any atom is 0.338 e. The smallest absolute Gasteiger partial charge is 0.338 e. The van der Waals surface area contributed by atoms with Crippen molar-refractivity contribution in [2.45, 2.75) is 120 Å². The van der Waals surface area contributed by atoms with E-state index in [2.05, 4.69) is 26.7 Å². The Morgan fingerprint density at radius 3 is 2.08 bits per heavy atom. The highest BCUT2D eigenvalue weighted by atomic mass is 16.3. The predicted molar refractivity (Wildman–Crippen MR) is 194 cm³/mol. The first-order valence-corrected chi connectivity index (χ1v) is 19.1. The number of guanidine groups is 1. The minimum atomic E-state index is -1.10. The molecule has 4 unspecified atom stereocenters. The van der Waals surface area contributed by atoms with Crippen molar-refractivity contribution in [1.29, 1.82) is 0 Å². The van der Waals surface area contributed by atoms with Gasteiger partial charge in [-0.15, -0.1) is 0 Å². The number of phenolic OH excluding ortho intramolecular Hbond substituents is 1. The lowest BCUT2D eigenvalue weighted by Crippen LogP contribution is -2.78. The van der Waals surface area contributed by atoms with Crippen LogP contribution in [0.4, 0.5) is 0 Å². The molecule has 2 saturated carbocycles. The number of nitrogens with one attached hydrogen (secondary N) is 4. The van der Waals surface area contributed by atoms with Crippen LogP contribution in [0.1, 0.15) is 95.5 Å². The summed E-state index contributed by atoms with van der Waals surface area (Å²) in [5.41, 5.74) is 21.2. The van der Waals surface area contributed by atoms with Crippen LogP contribution in [0.15, 0.2) is 24.3 Å². The molecule has 14 N–H and O–H groups in total. The van der Waals surface area contributed by atoms with Crippen LogP contribution in [0.5, 0.6) is 5.75 Å². The normalized spacial score (nSPS) is 22.2. The van der Waals surface area contributed by atoms with Crippen molar-refractivity contribution < 1.29 is 39.8 Å². The fraction of sp³-hybridized carbons (Fsp3) is 0.676. The zero-order valence-electron chi connectivity index (χ0n) is 30.5. The van der Waals surface area contributed by atoms with Gasteiger partial charge in [-0.1, -0.05) is 44.2 Å². The van der Waals surface area contributed by atoms with Crippen molar-refractivity contribution in [3.05, 3.63) is 29.8 Å². The Bertz CT molecular complexity index is 1390. The average Bonchev–Trinajstić information content (AvgIpc) is 3.11. The fourth-order valence-corrected chi connectivity index (χ4v) is 7.71. The first-order chi connectivity index (χ1) is 24.9. The van der Waals surface area contributed by atoms with Crippen LogP contribution in [0.25, 0.3) is 0 Å². The van der Waals surface area contributed by atoms with Crippen LogP contribution in [0.3, 0.4) is 0 Å². The molecule has 2 aliphatic carbocycles. The van der Waals surface area contributed by atoms with Crippen molar-refractivity contribution in [2.24, 2.45) is 35.0 Å². The molecule has 288 valence electrons. The number of likely N-dealkylation sites (tertiary alicyclic amines) is 1. The van der Waals surface area contributed by atoms with Crippen molar-refractivity contribution in [1.82, 2.24) is 20.9 Å². The van der Waals surface area contributed by atoms with Gasteiger partial charge in [0.05, 0.1) is 13.1 Å². The Labute approximate surface area is 306 Å². The van der Waals surface area contributed by atoms with E-state index in [4.69, 9.17) is 17.2 Å². The number of carbonyl (C=O) groups excluding carboxylic acids is 5. The lowest BCUT2D eigenvalue weighted by molar-refractivity contribution is -0.459. The van der Waals surface area contributed by atoms with E-state index in [0.29, 0.717) is 56.2 Å². The Morgan fingerprint density at radius 1 is 0.808 bits per heavy atom. The molecule has 3 aliphatic rings. The molecule has 4 rings (SSSR count). The van der Waals surface area contributed by atoms with E-state index in [1.807, 2.05) is 0 Å². The quantitative estimate of drug-likeness (QED) is 0.0464. The van der Waals surface area contributed by atoms with Crippen LogP contribution in [0, 0.1) is 17.8 Å². The molecule has 1 aromatic rings. The number of nitrogens with two attached hydrogens (primary N) is 3. The molecular weight excluding hydrogens is 666 g/mol. The number of phenols is 1. The van der Waals surface area contributed by atoms with Gasteiger partial charge < -0.3 is 37.4 Å². The topological polar surface area (TPSA) is 265 Å². The molecule has 1 heterocycles. The highest BCUT2D eigenvalue weighted by molar-refractivity contribution is 5.96. The number of unbranched alkanes of at least 4 members (excludes halogenated alkanes) is 1. The largest absolute Gasteiger partial charge is 0.508 e. The number of carbonyl (C=O) groups is 5. The number of aromatic hydroxyl groups is 1. The summed E-state index contributed by atoms with van der Waals surface area (Å²) in [5, 5.41) is 18.4. The molecular formula is C37H61N9O6+2. The summed E-state index contributed by atoms with van der Waals surface area (Å²) in [7, 11) is 0. The lowest BCUT2D eigenvalue weighted by Gasteiger charge is -2.43. The van der Waals surface area contributed by atoms with Crippen molar-refractivity contribution in [3.63, 3.8) is 0 Å². The van der Waals surface area contributed by atoms with Gasteiger partial charge in [0.25, 0.3) is 0 Å². The highest BCUT2D eigenvalue weighted by Gasteiger charge is 2.43. The summed E-state index contributed by atoms with van der Waals surface area (Å²) in [6.07, 6.45) is 11.3. The zero-order valence-corrected chi connectivity index (χ0v) is 30.5. The summed E-state index contributed by atoms with van der Waals surface area (Å²) in [4.78, 5) is 71.7. The van der Waals surface area contributed by atoms with Crippen molar-refractivity contribution >= 4 is 35.5 Å². The molecule has 0 radical (unpaired) electrons. The highest BCUT2D eigenvalue weighted by Crippen LogP contribution is 2.31. The molecule has 1 aliphatic heterocycles. The molecule has 3 fully saturated rings. The molecule has 0 spiro atoms. The van der Waals surface area contributed by atoms with Gasteiger partial charge >= 0.3 is 5.96 Å². The van der Waals surface area contributed by atoms with Gasteiger partial charge in [0.1, 0.15) is 29.9 Å². The number of amides is 5. The Kier molecular flexibility index (Phi) is 15.5. The first kappa shape index (κ1) is 40.4. The van der Waals surface area contributed by atoms with E-state index in [-0.39, 0.29) is 42.3 Å². The Balaban J connectivity index is 1.44. The van der Waals surface area contributed by atoms with Crippen LogP contribution >= 0.6 is 0 Å². The molecule has 1 saturated heterocycles. The van der Waals surface area contributed by atoms with Gasteiger partial charge in [-0.25, -0.2) is 0 Å². The summed E-state index contributed by atoms with van der Waals surface area (Å²) in [6, 6.07) is 2.63. The number of quaternary nitrogens is 1. The first-order valence-electron chi connectivity index (χ1n) is 19.1. The standard InChI is InChI=1S/C37H59N9O6/c38-22-25-9-13-26(14-10-25)33(49)45-30(21-23-6-2-1-3-7-23)36(52)46-19-17-31(46)35(51)44-29(20-24-11-15-27(47)16-12-24)34(50)43-28(32(39)48)8-4-5-18-42-37(40)41/h11-12,15-16,23,25-26,28-31,47H,1-10,13-14,17-22,38H2,(H2,39,48)(H,43,50)(H,44,51)(H,45,49)(H4,40,41,42)/p+2. The van der Waals surface area contributed by atoms with E-state index >= 15 is 0 Å². The third-order valence-electron chi connectivity index (χ3n) is 11.1. The summed E-state index contributed by atoms with van der Waals surface area (Å²) >= 11 is 0. The molecule has 15 heteroatoms. The Hall–Kier alpha value is -4.40. The average molecular weight is 728 g/mol. The van der Waals surface area contributed by atoms with Crippen LogP contribution in [-0.2, 0) is 30.4 Å². The van der Waals surface area contributed by atoms with Crippen LogP contribution < -0.4 is 43.9 Å². The van der Waals surface area contributed by atoms with Gasteiger partial charge in [0, 0.05) is 24.8 Å². The van der Waals surface area contributed by atoms with Crippen LogP contribution in [-0.4, -0.2) is 89.3 Å². The lowest BCUT2D eigenvalue weighted by atomic mass is 9.81. The van der Waals surface area contributed by atoms with E-state index in [1.165, 1.54) is 23.5 Å². The summed E-state index contributed by atoms with van der Waals surface area (Å²) in [6.45, 7) is 1.71. The van der Waals surface area contributed by atoms with Gasteiger partial charge in [0.2, 0.25) is 29.5 Å². The number of rotatable bonds is 18. The van der Waals surface area contributed by atoms with E-state index in [0.717, 1.165) is 57.9 Å². The third kappa shape index (κ3) is 12.1. The molecule has 1 aromatic carbocycles. The van der Waals surface area contributed by atoms with Crippen molar-refractivity contribution in [2.75, 3.05) is 19.6 Å². The fourth-order valence-electron chi connectivity index (χ4n) is 7.71. The molecule has 15 nitrogen and oxygen atoms in total. The van der Waals surface area contributed by atoms with E-state index in [9.17, 15) is 29.1 Å². The molecule has 0 bridgehead atoms. The molecule has 4 atom stereocenters. The van der Waals surface area contributed by atoms with Gasteiger partial charge in [-0.2, -0.15) is 0 Å². The number of nitrogens with zero attached hydrogens (tertiary/aromatic N) is 1. The van der Waals surface area contributed by atoms with E-state index < -0.39 is 41.9 Å².